The van der Waals surface area contributed by atoms with Crippen LogP contribution in [0.1, 0.15) is 5.56 Å². The minimum Gasteiger partial charge on any atom is -0.475 e. The first-order valence-electron chi connectivity index (χ1n) is 4.04. The van der Waals surface area contributed by atoms with Crippen molar-refractivity contribution in [3.05, 3.63) is 41.9 Å². The fourth-order valence-electron chi connectivity index (χ4n) is 0.934. The number of ether oxygens (including phenoxy) is 1. The van der Waals surface area contributed by atoms with Gasteiger partial charge in [0.25, 0.3) is 0 Å². The lowest BCUT2D eigenvalue weighted by Gasteiger charge is -2.07. The van der Waals surface area contributed by atoms with Gasteiger partial charge in [0.15, 0.2) is 11.6 Å². The van der Waals surface area contributed by atoms with Crippen molar-refractivity contribution < 1.29 is 24.1 Å². The summed E-state index contributed by atoms with van der Waals surface area (Å²) in [5, 5.41) is 17.2. The molecular formula is C10H9FO4. The first-order chi connectivity index (χ1) is 7.06. The third-order valence-corrected chi connectivity index (χ3v) is 1.69. The molecule has 0 fully saturated rings. The lowest BCUT2D eigenvalue weighted by atomic mass is 10.2. The van der Waals surface area contributed by atoms with Crippen molar-refractivity contribution in [2.24, 2.45) is 0 Å². The molecule has 0 aliphatic heterocycles. The van der Waals surface area contributed by atoms with Crippen LogP contribution in [0.4, 0.5) is 4.39 Å². The second-order valence-corrected chi connectivity index (χ2v) is 2.72. The van der Waals surface area contributed by atoms with E-state index in [2.05, 4.69) is 11.3 Å². The van der Waals surface area contributed by atoms with Crippen molar-refractivity contribution in [2.75, 3.05) is 0 Å². The van der Waals surface area contributed by atoms with E-state index in [0.717, 1.165) is 0 Å². The first-order valence-corrected chi connectivity index (χ1v) is 4.04. The summed E-state index contributed by atoms with van der Waals surface area (Å²) in [4.78, 5) is 10.4. The Bertz CT molecular complexity index is 400. The van der Waals surface area contributed by atoms with Gasteiger partial charge in [-0.2, -0.15) is 0 Å². The largest absolute Gasteiger partial charge is 0.475 e. The van der Waals surface area contributed by atoms with Crippen molar-refractivity contribution in [1.29, 1.82) is 0 Å². The zero-order valence-electron chi connectivity index (χ0n) is 7.74. The molecule has 1 aromatic rings. The van der Waals surface area contributed by atoms with Crippen LogP contribution in [-0.2, 0) is 11.4 Å². The molecule has 4 nitrogen and oxygen atoms in total. The average Bonchev–Trinajstić information content (AvgIpc) is 2.21. The zero-order chi connectivity index (χ0) is 11.4. The van der Waals surface area contributed by atoms with Crippen LogP contribution in [-0.4, -0.2) is 16.2 Å². The van der Waals surface area contributed by atoms with Gasteiger partial charge in [-0.15, -0.1) is 0 Å². The smallest absolute Gasteiger partial charge is 0.371 e. The van der Waals surface area contributed by atoms with E-state index in [1.54, 1.807) is 0 Å². The van der Waals surface area contributed by atoms with Crippen LogP contribution in [0.2, 0.25) is 0 Å². The number of aliphatic carboxylic acids is 1. The standard InChI is InChI=1S/C10H9FO4/c1-6(10(13)14)15-8-4-2-3-7(5-12)9(8)11/h2-4,12H,1,5H2,(H,13,14). The molecule has 0 amide bonds. The summed E-state index contributed by atoms with van der Waals surface area (Å²) in [5.41, 5.74) is 0.0330. The number of aliphatic hydroxyl groups is 1. The Hall–Kier alpha value is -1.88. The van der Waals surface area contributed by atoms with Gasteiger partial charge < -0.3 is 14.9 Å². The van der Waals surface area contributed by atoms with Crippen molar-refractivity contribution >= 4 is 5.97 Å². The quantitative estimate of drug-likeness (QED) is 0.583. The van der Waals surface area contributed by atoms with Gasteiger partial charge in [0.1, 0.15) is 0 Å². The summed E-state index contributed by atoms with van der Waals surface area (Å²) in [6, 6.07) is 4.06. The maximum absolute atomic E-state index is 13.4. The van der Waals surface area contributed by atoms with E-state index >= 15 is 0 Å². The number of hydrogen-bond acceptors (Lipinski definition) is 3. The molecule has 0 unspecified atom stereocenters. The molecule has 15 heavy (non-hydrogen) atoms. The van der Waals surface area contributed by atoms with Crippen LogP contribution in [0.5, 0.6) is 5.75 Å². The number of aliphatic hydroxyl groups excluding tert-OH is 1. The van der Waals surface area contributed by atoms with Gasteiger partial charge in [-0.3, -0.25) is 0 Å². The van der Waals surface area contributed by atoms with E-state index in [-0.39, 0.29) is 11.3 Å². The Balaban J connectivity index is 2.95. The second kappa shape index (κ2) is 4.56. The normalized spacial score (nSPS) is 9.73. The third-order valence-electron chi connectivity index (χ3n) is 1.69. The number of carboxylic acids is 1. The Morgan fingerprint density at radius 2 is 2.20 bits per heavy atom. The van der Waals surface area contributed by atoms with Crippen molar-refractivity contribution in [2.45, 2.75) is 6.61 Å². The zero-order valence-corrected chi connectivity index (χ0v) is 7.74. The number of benzene rings is 1. The SMILES string of the molecule is C=C(Oc1cccc(CO)c1F)C(=O)O. The number of carbonyl (C=O) groups is 1. The van der Waals surface area contributed by atoms with Gasteiger partial charge in [-0.1, -0.05) is 12.1 Å². The minimum atomic E-state index is -1.37. The lowest BCUT2D eigenvalue weighted by molar-refractivity contribution is -0.135. The molecule has 0 aromatic heterocycles. The average molecular weight is 212 g/mol. The lowest BCUT2D eigenvalue weighted by Crippen LogP contribution is -2.07. The topological polar surface area (TPSA) is 66.8 Å². The van der Waals surface area contributed by atoms with E-state index in [4.69, 9.17) is 10.2 Å². The number of rotatable bonds is 4. The molecular weight excluding hydrogens is 203 g/mol. The van der Waals surface area contributed by atoms with Crippen LogP contribution < -0.4 is 4.74 Å². The molecule has 0 spiro atoms. The van der Waals surface area contributed by atoms with Gasteiger partial charge in [-0.05, 0) is 12.6 Å². The molecule has 80 valence electrons. The molecule has 0 aliphatic carbocycles. The molecule has 0 saturated carbocycles. The van der Waals surface area contributed by atoms with Crippen LogP contribution >= 0.6 is 0 Å². The molecule has 0 saturated heterocycles. The Morgan fingerprint density at radius 3 is 2.73 bits per heavy atom. The maximum atomic E-state index is 13.4. The summed E-state index contributed by atoms with van der Waals surface area (Å²) in [6.07, 6.45) is 0. The predicted molar refractivity (Wildman–Crippen MR) is 49.7 cm³/mol. The van der Waals surface area contributed by atoms with Gasteiger partial charge >= 0.3 is 5.97 Å². The van der Waals surface area contributed by atoms with Crippen LogP contribution in [0.3, 0.4) is 0 Å². The minimum absolute atomic E-state index is 0.0330. The molecule has 1 aromatic carbocycles. The third kappa shape index (κ3) is 2.54. The summed E-state index contributed by atoms with van der Waals surface area (Å²) in [7, 11) is 0. The second-order valence-electron chi connectivity index (χ2n) is 2.72. The van der Waals surface area contributed by atoms with Gasteiger partial charge in [0.05, 0.1) is 6.61 Å². The summed E-state index contributed by atoms with van der Waals surface area (Å²) in [6.45, 7) is 2.61. The molecule has 0 radical (unpaired) electrons. The summed E-state index contributed by atoms with van der Waals surface area (Å²) in [5.74, 6) is -3.01. The predicted octanol–water partition coefficient (Wildman–Crippen LogP) is 1.30. The van der Waals surface area contributed by atoms with E-state index in [0.29, 0.717) is 0 Å². The fourth-order valence-corrected chi connectivity index (χ4v) is 0.934. The van der Waals surface area contributed by atoms with Crippen LogP contribution in [0.25, 0.3) is 0 Å². The van der Waals surface area contributed by atoms with Crippen molar-refractivity contribution in [1.82, 2.24) is 0 Å². The molecule has 2 N–H and O–H groups in total. The Morgan fingerprint density at radius 1 is 1.53 bits per heavy atom. The summed E-state index contributed by atoms with van der Waals surface area (Å²) >= 11 is 0. The number of carboxylic acid groups (broad SMARTS) is 1. The van der Waals surface area contributed by atoms with E-state index in [1.165, 1.54) is 18.2 Å². The molecule has 0 heterocycles. The van der Waals surface area contributed by atoms with E-state index in [1.807, 2.05) is 0 Å². The van der Waals surface area contributed by atoms with Gasteiger partial charge in [-0.25, -0.2) is 9.18 Å². The first kappa shape index (κ1) is 11.2. The van der Waals surface area contributed by atoms with Gasteiger partial charge in [0.2, 0.25) is 5.76 Å². The highest BCUT2D eigenvalue weighted by atomic mass is 19.1. The van der Waals surface area contributed by atoms with E-state index < -0.39 is 24.2 Å². The van der Waals surface area contributed by atoms with Crippen molar-refractivity contribution in [3.63, 3.8) is 0 Å². The number of hydrogen-bond donors (Lipinski definition) is 2. The Labute approximate surface area is 85.2 Å². The highest BCUT2D eigenvalue weighted by Gasteiger charge is 2.12. The van der Waals surface area contributed by atoms with Crippen molar-refractivity contribution in [3.8, 4) is 5.75 Å². The van der Waals surface area contributed by atoms with Crippen LogP contribution in [0.15, 0.2) is 30.5 Å². The summed E-state index contributed by atoms with van der Waals surface area (Å²) < 4.78 is 18.0. The number of halogens is 1. The maximum Gasteiger partial charge on any atom is 0.371 e. The monoisotopic (exact) mass is 212 g/mol. The van der Waals surface area contributed by atoms with E-state index in [9.17, 15) is 9.18 Å². The Kier molecular flexibility index (Phi) is 3.41. The highest BCUT2D eigenvalue weighted by molar-refractivity contribution is 5.84. The van der Waals surface area contributed by atoms with Gasteiger partial charge in [0, 0.05) is 5.56 Å². The van der Waals surface area contributed by atoms with Crippen LogP contribution in [0, 0.1) is 5.82 Å². The fraction of sp³-hybridized carbons (Fsp3) is 0.100. The molecule has 5 heteroatoms. The molecule has 0 atom stereocenters. The molecule has 0 bridgehead atoms. The molecule has 0 aliphatic rings. The molecule has 1 rings (SSSR count). The highest BCUT2D eigenvalue weighted by Crippen LogP contribution is 2.22.